The summed E-state index contributed by atoms with van der Waals surface area (Å²) in [4.78, 5) is 23.1. The van der Waals surface area contributed by atoms with Gasteiger partial charge in [0.2, 0.25) is 0 Å². The molecule has 1 aromatic carbocycles. The summed E-state index contributed by atoms with van der Waals surface area (Å²) >= 11 is 0. The van der Waals surface area contributed by atoms with E-state index in [9.17, 15) is 9.59 Å². The molecule has 2 rings (SSSR count). The zero-order valence-electron chi connectivity index (χ0n) is 9.98. The van der Waals surface area contributed by atoms with E-state index in [1.165, 1.54) is 0 Å². The van der Waals surface area contributed by atoms with Gasteiger partial charge in [0.25, 0.3) is 5.91 Å². The molecule has 0 spiro atoms. The first-order chi connectivity index (χ1) is 8.68. The van der Waals surface area contributed by atoms with E-state index in [0.29, 0.717) is 24.1 Å². The van der Waals surface area contributed by atoms with Gasteiger partial charge < -0.3 is 10.4 Å². The first-order valence-corrected chi connectivity index (χ1v) is 6.00. The molecule has 0 heterocycles. The zero-order valence-corrected chi connectivity index (χ0v) is 9.98. The maximum Gasteiger partial charge on any atom is 0.332 e. The molecule has 0 unspecified atom stereocenters. The van der Waals surface area contributed by atoms with Crippen LogP contribution in [0.4, 0.5) is 5.69 Å². The lowest BCUT2D eigenvalue weighted by atomic mass is 9.91. The van der Waals surface area contributed by atoms with Crippen LogP contribution in [0.25, 0.3) is 0 Å². The molecule has 0 bridgehead atoms. The van der Waals surface area contributed by atoms with Crippen molar-refractivity contribution in [2.45, 2.75) is 25.7 Å². The number of hydrogen-bond donors (Lipinski definition) is 2. The number of nitrogens with one attached hydrogen (secondary N) is 1. The Morgan fingerprint density at radius 3 is 2.22 bits per heavy atom. The zero-order chi connectivity index (χ0) is 13.0. The third-order valence-corrected chi connectivity index (χ3v) is 3.03. The second-order valence-corrected chi connectivity index (χ2v) is 4.29. The van der Waals surface area contributed by atoms with Gasteiger partial charge in [-0.3, -0.25) is 4.79 Å². The van der Waals surface area contributed by atoms with Crippen LogP contribution in [0.1, 0.15) is 25.7 Å². The van der Waals surface area contributed by atoms with Crippen molar-refractivity contribution < 1.29 is 14.7 Å². The predicted octanol–water partition coefficient (Wildman–Crippen LogP) is 2.58. The summed E-state index contributed by atoms with van der Waals surface area (Å²) in [6.07, 6.45) is 2.73. The minimum atomic E-state index is -0.979. The van der Waals surface area contributed by atoms with Gasteiger partial charge in [-0.2, -0.15) is 0 Å². The minimum Gasteiger partial charge on any atom is -0.478 e. The van der Waals surface area contributed by atoms with E-state index in [0.717, 1.165) is 12.8 Å². The van der Waals surface area contributed by atoms with Crippen molar-refractivity contribution in [2.24, 2.45) is 0 Å². The molecule has 0 fully saturated rings. The number of para-hydroxylation sites is 1. The number of rotatable bonds is 3. The molecule has 0 aromatic heterocycles. The van der Waals surface area contributed by atoms with Crippen molar-refractivity contribution in [1.82, 2.24) is 0 Å². The Hall–Kier alpha value is -2.10. The van der Waals surface area contributed by atoms with E-state index in [2.05, 4.69) is 5.32 Å². The van der Waals surface area contributed by atoms with Crippen LogP contribution in [0.2, 0.25) is 0 Å². The SMILES string of the molecule is O=C(O)C1=C(C(=O)Nc2ccccc2)CCCC1. The maximum atomic E-state index is 12.1. The van der Waals surface area contributed by atoms with Gasteiger partial charge in [-0.15, -0.1) is 0 Å². The van der Waals surface area contributed by atoms with Crippen molar-refractivity contribution in [1.29, 1.82) is 0 Å². The Labute approximate surface area is 105 Å². The van der Waals surface area contributed by atoms with E-state index in [1.807, 2.05) is 18.2 Å². The normalized spacial score (nSPS) is 15.3. The van der Waals surface area contributed by atoms with E-state index in [-0.39, 0.29) is 11.5 Å². The molecule has 18 heavy (non-hydrogen) atoms. The molecular weight excluding hydrogens is 230 g/mol. The van der Waals surface area contributed by atoms with E-state index in [4.69, 9.17) is 5.11 Å². The van der Waals surface area contributed by atoms with Crippen LogP contribution in [-0.4, -0.2) is 17.0 Å². The molecule has 4 nitrogen and oxygen atoms in total. The molecule has 0 radical (unpaired) electrons. The van der Waals surface area contributed by atoms with E-state index in [1.54, 1.807) is 12.1 Å². The molecule has 2 N–H and O–H groups in total. The number of aliphatic carboxylic acids is 1. The summed E-state index contributed by atoms with van der Waals surface area (Å²) in [5, 5.41) is 11.8. The van der Waals surface area contributed by atoms with Gasteiger partial charge in [0.05, 0.1) is 0 Å². The summed E-state index contributed by atoms with van der Waals surface area (Å²) in [5.74, 6) is -1.27. The standard InChI is InChI=1S/C14H15NO3/c16-13(15-10-6-2-1-3-7-10)11-8-4-5-9-12(11)14(17)18/h1-3,6-7H,4-5,8-9H2,(H,15,16)(H,17,18). The van der Waals surface area contributed by atoms with Gasteiger partial charge in [0.15, 0.2) is 0 Å². The fourth-order valence-electron chi connectivity index (χ4n) is 2.12. The molecule has 4 heteroatoms. The molecule has 1 aliphatic carbocycles. The maximum absolute atomic E-state index is 12.1. The molecule has 1 amide bonds. The number of hydrogen-bond acceptors (Lipinski definition) is 2. The van der Waals surface area contributed by atoms with Crippen molar-refractivity contribution >= 4 is 17.6 Å². The van der Waals surface area contributed by atoms with Crippen LogP contribution in [0.5, 0.6) is 0 Å². The number of amides is 1. The topological polar surface area (TPSA) is 66.4 Å². The molecular formula is C14H15NO3. The summed E-state index contributed by atoms with van der Waals surface area (Å²) < 4.78 is 0. The largest absolute Gasteiger partial charge is 0.478 e. The Kier molecular flexibility index (Phi) is 3.77. The lowest BCUT2D eigenvalue weighted by Crippen LogP contribution is -2.21. The van der Waals surface area contributed by atoms with Gasteiger partial charge in [0, 0.05) is 16.8 Å². The quantitative estimate of drug-likeness (QED) is 0.860. The number of carboxylic acids is 1. The Bertz CT molecular complexity index is 491. The number of carbonyl (C=O) groups is 2. The van der Waals surface area contributed by atoms with Crippen LogP contribution < -0.4 is 5.32 Å². The number of carboxylic acid groups (broad SMARTS) is 1. The molecule has 0 saturated carbocycles. The first kappa shape index (κ1) is 12.4. The lowest BCUT2D eigenvalue weighted by molar-refractivity contribution is -0.133. The van der Waals surface area contributed by atoms with Crippen molar-refractivity contribution in [3.8, 4) is 0 Å². The fourth-order valence-corrected chi connectivity index (χ4v) is 2.12. The highest BCUT2D eigenvalue weighted by Gasteiger charge is 2.23. The Morgan fingerprint density at radius 2 is 1.61 bits per heavy atom. The summed E-state index contributed by atoms with van der Waals surface area (Å²) in [6.45, 7) is 0. The number of benzene rings is 1. The van der Waals surface area contributed by atoms with Crippen molar-refractivity contribution in [3.05, 3.63) is 41.5 Å². The second-order valence-electron chi connectivity index (χ2n) is 4.29. The van der Waals surface area contributed by atoms with Crippen LogP contribution >= 0.6 is 0 Å². The first-order valence-electron chi connectivity index (χ1n) is 6.00. The molecule has 0 saturated heterocycles. The molecule has 1 aliphatic rings. The highest BCUT2D eigenvalue weighted by molar-refractivity contribution is 6.08. The van der Waals surface area contributed by atoms with Crippen molar-refractivity contribution in [2.75, 3.05) is 5.32 Å². The lowest BCUT2D eigenvalue weighted by Gasteiger charge is -2.17. The smallest absolute Gasteiger partial charge is 0.332 e. The van der Waals surface area contributed by atoms with Gasteiger partial charge in [-0.25, -0.2) is 4.79 Å². The van der Waals surface area contributed by atoms with E-state index >= 15 is 0 Å². The summed E-state index contributed by atoms with van der Waals surface area (Å²) in [6, 6.07) is 9.06. The van der Waals surface area contributed by atoms with Crippen LogP contribution in [0, 0.1) is 0 Å². The molecule has 0 aliphatic heterocycles. The minimum absolute atomic E-state index is 0.259. The van der Waals surface area contributed by atoms with Gasteiger partial charge >= 0.3 is 5.97 Å². The summed E-state index contributed by atoms with van der Waals surface area (Å²) in [7, 11) is 0. The third kappa shape index (κ3) is 2.77. The van der Waals surface area contributed by atoms with Crippen LogP contribution in [-0.2, 0) is 9.59 Å². The van der Waals surface area contributed by atoms with E-state index < -0.39 is 5.97 Å². The number of carbonyl (C=O) groups excluding carboxylic acids is 1. The monoisotopic (exact) mass is 245 g/mol. The number of anilines is 1. The van der Waals surface area contributed by atoms with Crippen LogP contribution in [0.3, 0.4) is 0 Å². The molecule has 1 aromatic rings. The van der Waals surface area contributed by atoms with Crippen molar-refractivity contribution in [3.63, 3.8) is 0 Å². The highest BCUT2D eigenvalue weighted by atomic mass is 16.4. The highest BCUT2D eigenvalue weighted by Crippen LogP contribution is 2.26. The average Bonchev–Trinajstić information content (AvgIpc) is 2.40. The van der Waals surface area contributed by atoms with Gasteiger partial charge in [-0.1, -0.05) is 18.2 Å². The van der Waals surface area contributed by atoms with Crippen LogP contribution in [0.15, 0.2) is 41.5 Å². The third-order valence-electron chi connectivity index (χ3n) is 3.03. The van der Waals surface area contributed by atoms with Gasteiger partial charge in [-0.05, 0) is 37.8 Å². The fraction of sp³-hybridized carbons (Fsp3) is 0.286. The molecule has 0 atom stereocenters. The average molecular weight is 245 g/mol. The molecule has 94 valence electrons. The second kappa shape index (κ2) is 5.49. The Balaban J connectivity index is 2.19. The Morgan fingerprint density at radius 1 is 1.00 bits per heavy atom. The predicted molar refractivity (Wildman–Crippen MR) is 68.2 cm³/mol. The van der Waals surface area contributed by atoms with Gasteiger partial charge in [0.1, 0.15) is 0 Å². The summed E-state index contributed by atoms with van der Waals surface area (Å²) in [5.41, 5.74) is 1.36.